The Kier molecular flexibility index (Phi) is 4.62. The van der Waals surface area contributed by atoms with E-state index >= 15 is 0 Å². The molecule has 0 amide bonds. The molecule has 1 heterocycles. The molecule has 0 aromatic carbocycles. The Labute approximate surface area is 98.3 Å². The average Bonchev–Trinajstić information content (AvgIpc) is 2.31. The van der Waals surface area contributed by atoms with Crippen molar-refractivity contribution in [2.75, 3.05) is 7.11 Å². The van der Waals surface area contributed by atoms with E-state index in [9.17, 15) is 9.67 Å². The number of aliphatic hydroxyl groups excluding tert-OH is 1. The first kappa shape index (κ1) is 14.1. The van der Waals surface area contributed by atoms with Gasteiger partial charge in [0.1, 0.15) is 5.75 Å². The quantitative estimate of drug-likeness (QED) is 0.675. The molecular formula is C9H14NO6P. The number of phosphoric acid groups is 1. The highest BCUT2D eigenvalue weighted by Crippen LogP contribution is 2.43. The van der Waals surface area contributed by atoms with Crippen LogP contribution in [0.15, 0.2) is 6.20 Å². The summed E-state index contributed by atoms with van der Waals surface area (Å²) >= 11 is 0. The lowest BCUT2D eigenvalue weighted by molar-refractivity contribution is 0.164. The van der Waals surface area contributed by atoms with Crippen LogP contribution in [0.3, 0.4) is 0 Å². The summed E-state index contributed by atoms with van der Waals surface area (Å²) in [6.07, 6.45) is 1.36. The van der Waals surface area contributed by atoms with Gasteiger partial charge in [-0.25, -0.2) is 4.57 Å². The van der Waals surface area contributed by atoms with Gasteiger partial charge in [-0.3, -0.25) is 14.0 Å². The fraction of sp³-hybridized carbons (Fsp3) is 0.444. The number of aryl methyl sites for hydroxylation is 1. The Morgan fingerprint density at radius 1 is 1.53 bits per heavy atom. The topological polar surface area (TPSA) is 109 Å². The SMILES string of the molecule is COP(=O)(O)OCc1cnc(C)c(O)c1CO. The number of pyridine rings is 1. The van der Waals surface area contributed by atoms with Crippen LogP contribution in [0.5, 0.6) is 5.75 Å². The van der Waals surface area contributed by atoms with E-state index < -0.39 is 14.4 Å². The van der Waals surface area contributed by atoms with Gasteiger partial charge < -0.3 is 15.1 Å². The molecular weight excluding hydrogens is 249 g/mol. The first-order valence-corrected chi connectivity index (χ1v) is 6.21. The van der Waals surface area contributed by atoms with Gasteiger partial charge in [0.05, 0.1) is 18.9 Å². The molecule has 0 saturated heterocycles. The lowest BCUT2D eigenvalue weighted by Gasteiger charge is -2.13. The van der Waals surface area contributed by atoms with Gasteiger partial charge in [0, 0.05) is 24.4 Å². The van der Waals surface area contributed by atoms with Crippen LogP contribution in [0.25, 0.3) is 0 Å². The van der Waals surface area contributed by atoms with Crippen molar-refractivity contribution in [1.82, 2.24) is 4.98 Å². The van der Waals surface area contributed by atoms with Crippen molar-refractivity contribution in [3.63, 3.8) is 0 Å². The minimum Gasteiger partial charge on any atom is -0.506 e. The highest BCUT2D eigenvalue weighted by Gasteiger charge is 2.20. The highest BCUT2D eigenvalue weighted by atomic mass is 31.2. The molecule has 1 atom stereocenters. The molecule has 1 rings (SSSR count). The van der Waals surface area contributed by atoms with Crippen LogP contribution in [0.4, 0.5) is 0 Å². The summed E-state index contributed by atoms with van der Waals surface area (Å²) in [6.45, 7) is 0.861. The van der Waals surface area contributed by atoms with E-state index in [4.69, 9.17) is 10.00 Å². The Morgan fingerprint density at radius 2 is 2.18 bits per heavy atom. The Hall–Kier alpha value is -0.980. The average molecular weight is 263 g/mol. The van der Waals surface area contributed by atoms with Crippen LogP contribution in [0.2, 0.25) is 0 Å². The molecule has 1 aromatic heterocycles. The number of rotatable bonds is 5. The van der Waals surface area contributed by atoms with E-state index in [1.807, 2.05) is 0 Å². The molecule has 0 fully saturated rings. The first-order valence-electron chi connectivity index (χ1n) is 4.71. The number of aliphatic hydroxyl groups is 1. The minimum absolute atomic E-state index is 0.154. The maximum absolute atomic E-state index is 11.1. The Balaban J connectivity index is 2.92. The van der Waals surface area contributed by atoms with Gasteiger partial charge in [0.25, 0.3) is 0 Å². The smallest absolute Gasteiger partial charge is 0.472 e. The summed E-state index contributed by atoms with van der Waals surface area (Å²) in [5.41, 5.74) is 0.896. The van der Waals surface area contributed by atoms with Crippen molar-refractivity contribution >= 4 is 7.82 Å². The number of aromatic nitrogens is 1. The summed E-state index contributed by atoms with van der Waals surface area (Å²) < 4.78 is 19.9. The summed E-state index contributed by atoms with van der Waals surface area (Å²) in [4.78, 5) is 12.9. The minimum atomic E-state index is -4.09. The molecule has 0 aliphatic heterocycles. The maximum atomic E-state index is 11.1. The molecule has 7 nitrogen and oxygen atoms in total. The van der Waals surface area contributed by atoms with Crippen LogP contribution in [-0.4, -0.2) is 27.2 Å². The predicted octanol–water partition coefficient (Wildman–Crippen LogP) is 0.851. The van der Waals surface area contributed by atoms with E-state index in [1.165, 1.54) is 6.20 Å². The molecule has 96 valence electrons. The summed E-state index contributed by atoms with van der Waals surface area (Å²) in [6, 6.07) is 0. The number of phosphoric ester groups is 1. The van der Waals surface area contributed by atoms with Gasteiger partial charge in [-0.1, -0.05) is 0 Å². The Bertz CT molecular complexity index is 449. The van der Waals surface area contributed by atoms with E-state index in [0.29, 0.717) is 11.3 Å². The largest absolute Gasteiger partial charge is 0.506 e. The van der Waals surface area contributed by atoms with E-state index in [0.717, 1.165) is 7.11 Å². The van der Waals surface area contributed by atoms with Gasteiger partial charge in [-0.2, -0.15) is 0 Å². The number of hydrogen-bond acceptors (Lipinski definition) is 6. The van der Waals surface area contributed by atoms with Crippen molar-refractivity contribution in [2.45, 2.75) is 20.1 Å². The maximum Gasteiger partial charge on any atom is 0.472 e. The van der Waals surface area contributed by atoms with Gasteiger partial charge in [-0.15, -0.1) is 0 Å². The zero-order chi connectivity index (χ0) is 13.1. The van der Waals surface area contributed by atoms with E-state index in [2.05, 4.69) is 14.0 Å². The standard InChI is InChI=1S/C9H14NO6P/c1-6-9(12)8(4-11)7(3-10-6)5-16-17(13,14)15-2/h3,11-12H,4-5H2,1-2H3,(H,13,14). The molecule has 0 radical (unpaired) electrons. The third-order valence-corrected chi connectivity index (χ3v) is 3.12. The second kappa shape index (κ2) is 5.57. The van der Waals surface area contributed by atoms with Crippen LogP contribution in [0, 0.1) is 6.92 Å². The molecule has 3 N–H and O–H groups in total. The number of nitrogens with zero attached hydrogens (tertiary/aromatic N) is 1. The van der Waals surface area contributed by atoms with Gasteiger partial charge in [-0.05, 0) is 6.92 Å². The van der Waals surface area contributed by atoms with E-state index in [1.54, 1.807) is 6.92 Å². The highest BCUT2D eigenvalue weighted by molar-refractivity contribution is 7.47. The van der Waals surface area contributed by atoms with Crippen molar-refractivity contribution in [2.24, 2.45) is 0 Å². The molecule has 8 heteroatoms. The fourth-order valence-electron chi connectivity index (χ4n) is 1.19. The molecule has 1 aromatic rings. The van der Waals surface area contributed by atoms with Crippen molar-refractivity contribution in [3.05, 3.63) is 23.0 Å². The molecule has 0 bridgehead atoms. The molecule has 1 unspecified atom stereocenters. The zero-order valence-electron chi connectivity index (χ0n) is 9.45. The predicted molar refractivity (Wildman–Crippen MR) is 58.2 cm³/mol. The molecule has 0 aliphatic rings. The zero-order valence-corrected chi connectivity index (χ0v) is 10.3. The lowest BCUT2D eigenvalue weighted by Crippen LogP contribution is -2.01. The fourth-order valence-corrected chi connectivity index (χ4v) is 1.60. The van der Waals surface area contributed by atoms with Gasteiger partial charge in [0.2, 0.25) is 0 Å². The van der Waals surface area contributed by atoms with Gasteiger partial charge in [0.15, 0.2) is 0 Å². The van der Waals surface area contributed by atoms with Gasteiger partial charge >= 0.3 is 7.82 Å². The summed E-state index contributed by atoms with van der Waals surface area (Å²) in [5.74, 6) is -0.154. The molecule has 0 aliphatic carbocycles. The Morgan fingerprint density at radius 3 is 2.71 bits per heavy atom. The van der Waals surface area contributed by atoms with Crippen molar-refractivity contribution in [3.8, 4) is 5.75 Å². The van der Waals surface area contributed by atoms with Crippen LogP contribution < -0.4 is 0 Å². The normalized spacial score (nSPS) is 14.6. The van der Waals surface area contributed by atoms with Crippen molar-refractivity contribution in [1.29, 1.82) is 0 Å². The molecule has 17 heavy (non-hydrogen) atoms. The number of hydrogen-bond donors (Lipinski definition) is 3. The molecule has 0 spiro atoms. The third-order valence-electron chi connectivity index (χ3n) is 2.20. The second-order valence-electron chi connectivity index (χ2n) is 3.28. The number of aromatic hydroxyl groups is 1. The third kappa shape index (κ3) is 3.49. The van der Waals surface area contributed by atoms with Crippen LogP contribution in [-0.2, 0) is 26.8 Å². The molecule has 0 saturated carbocycles. The first-order chi connectivity index (χ1) is 7.91. The monoisotopic (exact) mass is 263 g/mol. The van der Waals surface area contributed by atoms with Crippen LogP contribution >= 0.6 is 7.82 Å². The summed E-state index contributed by atoms with van der Waals surface area (Å²) in [5, 5.41) is 18.7. The summed E-state index contributed by atoms with van der Waals surface area (Å²) in [7, 11) is -3.05. The lowest BCUT2D eigenvalue weighted by atomic mass is 10.1. The van der Waals surface area contributed by atoms with Crippen molar-refractivity contribution < 1.29 is 28.7 Å². The van der Waals surface area contributed by atoms with Crippen LogP contribution in [0.1, 0.15) is 16.8 Å². The second-order valence-corrected chi connectivity index (χ2v) is 4.84. The van der Waals surface area contributed by atoms with E-state index in [-0.39, 0.29) is 17.9 Å².